The summed E-state index contributed by atoms with van der Waals surface area (Å²) in [4.78, 5) is 18.4. The summed E-state index contributed by atoms with van der Waals surface area (Å²) in [7, 11) is 0. The molecule has 20 heavy (non-hydrogen) atoms. The number of anilines is 1. The van der Waals surface area contributed by atoms with E-state index in [-0.39, 0.29) is 5.69 Å². The fraction of sp³-hybridized carbons (Fsp3) is 0.154. The molecule has 2 rings (SSSR count). The molecule has 0 radical (unpaired) electrons. The van der Waals surface area contributed by atoms with Crippen LogP contribution in [-0.4, -0.2) is 21.1 Å². The van der Waals surface area contributed by atoms with Gasteiger partial charge in [0.15, 0.2) is 0 Å². The van der Waals surface area contributed by atoms with Crippen LogP contribution in [0.2, 0.25) is 0 Å². The number of nitro groups is 1. The Hall–Kier alpha value is -2.83. The summed E-state index contributed by atoms with van der Waals surface area (Å²) in [6.07, 6.45) is 1.55. The third kappa shape index (κ3) is 3.58. The predicted octanol–water partition coefficient (Wildman–Crippen LogP) is 2.45. The topological polar surface area (TPSA) is 93.3 Å². The molecule has 7 heteroatoms. The normalized spacial score (nSPS) is 10.7. The molecule has 0 amide bonds. The number of nitrogens with zero attached hydrogens (tertiary/aromatic N) is 4. The van der Waals surface area contributed by atoms with Crippen molar-refractivity contribution in [1.82, 2.24) is 9.97 Å². The maximum absolute atomic E-state index is 10.5. The average Bonchev–Trinajstić information content (AvgIpc) is 2.38. The Labute approximate surface area is 115 Å². The summed E-state index contributed by atoms with van der Waals surface area (Å²) in [5.74, 6) is 0.417. The van der Waals surface area contributed by atoms with E-state index in [1.165, 1.54) is 12.1 Å². The predicted molar refractivity (Wildman–Crippen MR) is 75.8 cm³/mol. The van der Waals surface area contributed by atoms with Crippen molar-refractivity contribution in [3.63, 3.8) is 0 Å². The van der Waals surface area contributed by atoms with Crippen LogP contribution >= 0.6 is 0 Å². The van der Waals surface area contributed by atoms with E-state index in [9.17, 15) is 10.1 Å². The first-order chi connectivity index (χ1) is 9.54. The largest absolute Gasteiger partial charge is 0.269 e. The number of non-ortho nitro benzene ring substituents is 1. The molecule has 0 aliphatic carbocycles. The lowest BCUT2D eigenvalue weighted by molar-refractivity contribution is -0.384. The van der Waals surface area contributed by atoms with Crippen LogP contribution in [0.4, 0.5) is 11.6 Å². The number of nitro benzene ring substituents is 1. The zero-order valence-corrected chi connectivity index (χ0v) is 11.1. The van der Waals surface area contributed by atoms with Gasteiger partial charge in [-0.15, -0.1) is 0 Å². The number of hydrazone groups is 1. The number of aryl methyl sites for hydroxylation is 2. The first kappa shape index (κ1) is 13.6. The van der Waals surface area contributed by atoms with Crippen molar-refractivity contribution in [1.29, 1.82) is 0 Å². The van der Waals surface area contributed by atoms with Gasteiger partial charge in [-0.25, -0.2) is 15.4 Å². The zero-order valence-electron chi connectivity index (χ0n) is 11.1. The molecule has 0 spiro atoms. The number of hydrogen-bond donors (Lipinski definition) is 1. The molecule has 1 heterocycles. The van der Waals surface area contributed by atoms with E-state index in [0.717, 1.165) is 17.0 Å². The highest BCUT2D eigenvalue weighted by molar-refractivity contribution is 5.80. The highest BCUT2D eigenvalue weighted by Crippen LogP contribution is 2.10. The van der Waals surface area contributed by atoms with E-state index >= 15 is 0 Å². The molecule has 102 valence electrons. The molecule has 1 aromatic heterocycles. The molecule has 0 aliphatic rings. The van der Waals surface area contributed by atoms with Gasteiger partial charge in [0.2, 0.25) is 5.95 Å². The molecule has 0 atom stereocenters. The Kier molecular flexibility index (Phi) is 3.99. The van der Waals surface area contributed by atoms with Crippen molar-refractivity contribution in [2.45, 2.75) is 13.8 Å². The van der Waals surface area contributed by atoms with Gasteiger partial charge in [-0.2, -0.15) is 5.10 Å². The van der Waals surface area contributed by atoms with Crippen LogP contribution in [0.3, 0.4) is 0 Å². The molecule has 0 saturated heterocycles. The third-order valence-electron chi connectivity index (χ3n) is 2.46. The summed E-state index contributed by atoms with van der Waals surface area (Å²) in [5, 5.41) is 14.5. The minimum Gasteiger partial charge on any atom is -0.258 e. The van der Waals surface area contributed by atoms with E-state index in [2.05, 4.69) is 20.5 Å². The maximum Gasteiger partial charge on any atom is 0.269 e. The Bertz CT molecular complexity index is 632. The van der Waals surface area contributed by atoms with Crippen LogP contribution in [0.25, 0.3) is 0 Å². The lowest BCUT2D eigenvalue weighted by Crippen LogP contribution is -1.99. The number of benzene rings is 1. The van der Waals surface area contributed by atoms with Crippen molar-refractivity contribution in [2.75, 3.05) is 5.43 Å². The number of nitrogens with one attached hydrogen (secondary N) is 1. The molecule has 1 N–H and O–H groups in total. The van der Waals surface area contributed by atoms with Crippen molar-refractivity contribution in [2.24, 2.45) is 5.10 Å². The zero-order chi connectivity index (χ0) is 14.5. The lowest BCUT2D eigenvalue weighted by atomic mass is 10.2. The third-order valence-corrected chi connectivity index (χ3v) is 2.46. The highest BCUT2D eigenvalue weighted by atomic mass is 16.6. The van der Waals surface area contributed by atoms with Crippen LogP contribution in [0.5, 0.6) is 0 Å². The molecule has 2 aromatic rings. The Morgan fingerprint density at radius 1 is 1.20 bits per heavy atom. The van der Waals surface area contributed by atoms with Gasteiger partial charge in [-0.05, 0) is 37.6 Å². The summed E-state index contributed by atoms with van der Waals surface area (Å²) < 4.78 is 0. The molecule has 7 nitrogen and oxygen atoms in total. The second kappa shape index (κ2) is 5.87. The second-order valence-corrected chi connectivity index (χ2v) is 4.19. The average molecular weight is 271 g/mol. The quantitative estimate of drug-likeness (QED) is 0.523. The lowest BCUT2D eigenvalue weighted by Gasteiger charge is -2.01. The fourth-order valence-corrected chi connectivity index (χ4v) is 1.62. The van der Waals surface area contributed by atoms with Gasteiger partial charge in [0.1, 0.15) is 0 Å². The minimum atomic E-state index is -0.442. The van der Waals surface area contributed by atoms with Gasteiger partial charge in [0.25, 0.3) is 5.69 Å². The Balaban J connectivity index is 2.04. The molecular weight excluding hydrogens is 258 g/mol. The molecule has 1 aromatic carbocycles. The van der Waals surface area contributed by atoms with Crippen LogP contribution in [0.15, 0.2) is 35.4 Å². The summed E-state index contributed by atoms with van der Waals surface area (Å²) in [5.41, 5.74) is 5.22. The van der Waals surface area contributed by atoms with Gasteiger partial charge in [0.05, 0.1) is 11.1 Å². The summed E-state index contributed by atoms with van der Waals surface area (Å²) >= 11 is 0. The maximum atomic E-state index is 10.5. The molecule has 0 bridgehead atoms. The van der Waals surface area contributed by atoms with Crippen molar-refractivity contribution < 1.29 is 4.92 Å². The van der Waals surface area contributed by atoms with Crippen molar-refractivity contribution >= 4 is 17.9 Å². The Morgan fingerprint density at radius 3 is 2.35 bits per heavy atom. The van der Waals surface area contributed by atoms with E-state index in [4.69, 9.17) is 0 Å². The highest BCUT2D eigenvalue weighted by Gasteiger charge is 2.02. The minimum absolute atomic E-state index is 0.0488. The van der Waals surface area contributed by atoms with Gasteiger partial charge in [-0.1, -0.05) is 0 Å². The SMILES string of the molecule is Cc1cc(C)nc(N/N=C/c2ccc([N+](=O)[O-])cc2)n1. The van der Waals surface area contributed by atoms with Gasteiger partial charge in [0, 0.05) is 23.5 Å². The molecule has 0 fully saturated rings. The second-order valence-electron chi connectivity index (χ2n) is 4.19. The number of rotatable bonds is 4. The number of aromatic nitrogens is 2. The van der Waals surface area contributed by atoms with Crippen LogP contribution in [-0.2, 0) is 0 Å². The molecule has 0 unspecified atom stereocenters. The van der Waals surface area contributed by atoms with E-state index < -0.39 is 4.92 Å². The van der Waals surface area contributed by atoms with Crippen LogP contribution in [0.1, 0.15) is 17.0 Å². The first-order valence-electron chi connectivity index (χ1n) is 5.90. The van der Waals surface area contributed by atoms with Crippen LogP contribution in [0, 0.1) is 24.0 Å². The van der Waals surface area contributed by atoms with Crippen LogP contribution < -0.4 is 5.43 Å². The monoisotopic (exact) mass is 271 g/mol. The smallest absolute Gasteiger partial charge is 0.258 e. The Morgan fingerprint density at radius 2 is 1.80 bits per heavy atom. The summed E-state index contributed by atoms with van der Waals surface area (Å²) in [6.45, 7) is 3.75. The first-order valence-corrected chi connectivity index (χ1v) is 5.90. The van der Waals surface area contributed by atoms with E-state index in [1.54, 1.807) is 18.3 Å². The van der Waals surface area contributed by atoms with Gasteiger partial charge >= 0.3 is 0 Å². The fourth-order valence-electron chi connectivity index (χ4n) is 1.62. The number of hydrogen-bond acceptors (Lipinski definition) is 6. The van der Waals surface area contributed by atoms with E-state index in [0.29, 0.717) is 5.95 Å². The summed E-state index contributed by atoms with van der Waals surface area (Å²) in [6, 6.07) is 7.95. The van der Waals surface area contributed by atoms with Crippen molar-refractivity contribution in [3.05, 3.63) is 57.4 Å². The standard InChI is InChI=1S/C13H13N5O2/c1-9-7-10(2)16-13(15-9)17-14-8-11-3-5-12(6-4-11)18(19)20/h3-8H,1-2H3,(H,15,16,17)/b14-8+. The van der Waals surface area contributed by atoms with E-state index in [1.807, 2.05) is 19.9 Å². The van der Waals surface area contributed by atoms with Crippen molar-refractivity contribution in [3.8, 4) is 0 Å². The molecule has 0 saturated carbocycles. The van der Waals surface area contributed by atoms with Gasteiger partial charge < -0.3 is 0 Å². The molecular formula is C13H13N5O2. The molecule has 0 aliphatic heterocycles. The van der Waals surface area contributed by atoms with Gasteiger partial charge in [-0.3, -0.25) is 10.1 Å².